The van der Waals surface area contributed by atoms with Gasteiger partial charge in [0.05, 0.1) is 18.8 Å². The minimum atomic E-state index is 0.310. The van der Waals surface area contributed by atoms with Crippen LogP contribution in [0, 0.1) is 0 Å². The van der Waals surface area contributed by atoms with Gasteiger partial charge in [-0.3, -0.25) is 0 Å². The summed E-state index contributed by atoms with van der Waals surface area (Å²) in [5, 5.41) is 11.7. The van der Waals surface area contributed by atoms with Crippen LogP contribution in [0.4, 0.5) is 0 Å². The summed E-state index contributed by atoms with van der Waals surface area (Å²) in [6.45, 7) is 5.30. The van der Waals surface area contributed by atoms with Crippen molar-refractivity contribution in [2.24, 2.45) is 0 Å². The van der Waals surface area contributed by atoms with Gasteiger partial charge in [0.1, 0.15) is 0 Å². The lowest BCUT2D eigenvalue weighted by molar-refractivity contribution is 0.387. The molecule has 0 bridgehead atoms. The molecular formula is C14H25N3O. The molecule has 0 fully saturated rings. The summed E-state index contributed by atoms with van der Waals surface area (Å²) in [4.78, 5) is 0. The first kappa shape index (κ1) is 14.9. The van der Waals surface area contributed by atoms with E-state index < -0.39 is 0 Å². The fourth-order valence-corrected chi connectivity index (χ4v) is 2.00. The van der Waals surface area contributed by atoms with Crippen LogP contribution in [0.25, 0.3) is 0 Å². The third kappa shape index (κ3) is 5.00. The molecule has 0 saturated heterocycles. The van der Waals surface area contributed by atoms with Crippen molar-refractivity contribution in [2.75, 3.05) is 13.7 Å². The molecule has 0 amide bonds. The molecule has 1 N–H and O–H groups in total. The number of nitrogens with zero attached hydrogens (tertiary/aromatic N) is 2. The van der Waals surface area contributed by atoms with Gasteiger partial charge in [-0.05, 0) is 19.0 Å². The van der Waals surface area contributed by atoms with E-state index in [4.69, 9.17) is 4.74 Å². The topological polar surface area (TPSA) is 47.0 Å². The Bertz CT molecular complexity index is 313. The highest BCUT2D eigenvalue weighted by atomic mass is 16.5. The summed E-state index contributed by atoms with van der Waals surface area (Å²) in [6, 6.07) is 4.18. The smallest absolute Gasteiger partial charge is 0.233 e. The van der Waals surface area contributed by atoms with Crippen molar-refractivity contribution in [3.05, 3.63) is 17.8 Å². The molecule has 1 aromatic heterocycles. The van der Waals surface area contributed by atoms with Gasteiger partial charge in [-0.15, -0.1) is 5.10 Å². The third-order valence-corrected chi connectivity index (χ3v) is 3.02. The Kier molecular flexibility index (Phi) is 7.34. The molecule has 0 aliphatic rings. The average Bonchev–Trinajstić information content (AvgIpc) is 2.42. The minimum Gasteiger partial charge on any atom is -0.480 e. The van der Waals surface area contributed by atoms with Gasteiger partial charge >= 0.3 is 0 Å². The molecule has 1 aromatic rings. The van der Waals surface area contributed by atoms with E-state index in [9.17, 15) is 0 Å². The Balaban J connectivity index is 2.53. The molecular weight excluding hydrogens is 226 g/mol. The molecule has 4 nitrogen and oxygen atoms in total. The molecule has 1 heterocycles. The predicted molar refractivity (Wildman–Crippen MR) is 73.8 cm³/mol. The molecule has 0 spiro atoms. The van der Waals surface area contributed by atoms with Gasteiger partial charge in [-0.25, -0.2) is 0 Å². The fourth-order valence-electron chi connectivity index (χ4n) is 2.00. The zero-order valence-electron chi connectivity index (χ0n) is 11.8. The van der Waals surface area contributed by atoms with E-state index in [1.165, 1.54) is 25.7 Å². The number of hydrogen-bond donors (Lipinski definition) is 1. The number of nitrogens with one attached hydrogen (secondary N) is 1. The van der Waals surface area contributed by atoms with Gasteiger partial charge in [0.2, 0.25) is 5.88 Å². The molecule has 0 aromatic carbocycles. The molecule has 18 heavy (non-hydrogen) atoms. The molecule has 1 rings (SSSR count). The molecule has 1 atom stereocenters. The maximum absolute atomic E-state index is 5.03. The Hall–Kier alpha value is -1.16. The van der Waals surface area contributed by atoms with Gasteiger partial charge in [0, 0.05) is 6.07 Å². The van der Waals surface area contributed by atoms with E-state index in [0.717, 1.165) is 18.7 Å². The number of unbranched alkanes of at least 4 members (excludes halogenated alkanes) is 3. The Labute approximate surface area is 110 Å². The summed E-state index contributed by atoms with van der Waals surface area (Å²) >= 11 is 0. The summed E-state index contributed by atoms with van der Waals surface area (Å²) in [7, 11) is 1.61. The normalized spacial score (nSPS) is 12.4. The number of hydrogen-bond acceptors (Lipinski definition) is 4. The Morgan fingerprint density at radius 2 is 2.00 bits per heavy atom. The highest BCUT2D eigenvalue weighted by Gasteiger charge is 2.12. The average molecular weight is 251 g/mol. The first-order valence-corrected chi connectivity index (χ1v) is 6.92. The van der Waals surface area contributed by atoms with Crippen molar-refractivity contribution in [1.29, 1.82) is 0 Å². The Morgan fingerprint density at radius 1 is 1.17 bits per heavy atom. The molecule has 0 radical (unpaired) electrons. The first-order valence-electron chi connectivity index (χ1n) is 6.92. The van der Waals surface area contributed by atoms with Crippen LogP contribution >= 0.6 is 0 Å². The van der Waals surface area contributed by atoms with Crippen molar-refractivity contribution >= 4 is 0 Å². The summed E-state index contributed by atoms with van der Waals surface area (Å²) in [6.07, 6.45) is 6.23. The predicted octanol–water partition coefficient (Wildman–Crippen LogP) is 3.11. The second-order valence-corrected chi connectivity index (χ2v) is 4.46. The van der Waals surface area contributed by atoms with Crippen molar-refractivity contribution in [2.45, 2.75) is 52.0 Å². The van der Waals surface area contributed by atoms with E-state index in [1.807, 2.05) is 12.1 Å². The Morgan fingerprint density at radius 3 is 2.56 bits per heavy atom. The molecule has 1 unspecified atom stereocenters. The molecule has 4 heteroatoms. The number of aromatic nitrogens is 2. The van der Waals surface area contributed by atoms with Crippen LogP contribution in [0.2, 0.25) is 0 Å². The second kappa shape index (κ2) is 8.86. The maximum atomic E-state index is 5.03. The van der Waals surface area contributed by atoms with Crippen LogP contribution in [0.1, 0.15) is 57.7 Å². The van der Waals surface area contributed by atoms with Gasteiger partial charge in [0.15, 0.2) is 0 Å². The van der Waals surface area contributed by atoms with E-state index >= 15 is 0 Å². The van der Waals surface area contributed by atoms with E-state index in [0.29, 0.717) is 11.9 Å². The first-order chi connectivity index (χ1) is 8.81. The quantitative estimate of drug-likeness (QED) is 0.685. The summed E-state index contributed by atoms with van der Waals surface area (Å²) in [5.74, 6) is 0.569. The maximum Gasteiger partial charge on any atom is 0.233 e. The van der Waals surface area contributed by atoms with Crippen molar-refractivity contribution in [3.8, 4) is 5.88 Å². The monoisotopic (exact) mass is 251 g/mol. The molecule has 102 valence electrons. The standard InChI is InChI=1S/C14H25N3O/c1-4-6-7-8-9-12(15-5-2)13-10-11-14(18-3)17-16-13/h10-12,15H,4-9H2,1-3H3. The van der Waals surface area contributed by atoms with Crippen LogP contribution < -0.4 is 10.1 Å². The van der Waals surface area contributed by atoms with Gasteiger partial charge in [-0.1, -0.05) is 39.5 Å². The van der Waals surface area contributed by atoms with Crippen LogP contribution in [0.15, 0.2) is 12.1 Å². The third-order valence-electron chi connectivity index (χ3n) is 3.02. The van der Waals surface area contributed by atoms with Crippen LogP contribution in [-0.4, -0.2) is 23.9 Å². The molecule has 0 aliphatic heterocycles. The van der Waals surface area contributed by atoms with Crippen LogP contribution in [0.3, 0.4) is 0 Å². The van der Waals surface area contributed by atoms with Crippen molar-refractivity contribution < 1.29 is 4.74 Å². The summed E-state index contributed by atoms with van der Waals surface area (Å²) < 4.78 is 5.03. The highest BCUT2D eigenvalue weighted by Crippen LogP contribution is 2.19. The lowest BCUT2D eigenvalue weighted by Gasteiger charge is -2.16. The van der Waals surface area contributed by atoms with Gasteiger partial charge in [-0.2, -0.15) is 5.10 Å². The molecule has 0 aliphatic carbocycles. The fraction of sp³-hybridized carbons (Fsp3) is 0.714. The second-order valence-electron chi connectivity index (χ2n) is 4.46. The van der Waals surface area contributed by atoms with E-state index in [1.54, 1.807) is 7.11 Å². The SMILES string of the molecule is CCCCCCC(NCC)c1ccc(OC)nn1. The lowest BCUT2D eigenvalue weighted by atomic mass is 10.0. The minimum absolute atomic E-state index is 0.310. The number of rotatable bonds is 9. The number of ether oxygens (including phenoxy) is 1. The van der Waals surface area contributed by atoms with E-state index in [2.05, 4.69) is 29.4 Å². The van der Waals surface area contributed by atoms with Gasteiger partial charge in [0.25, 0.3) is 0 Å². The zero-order valence-corrected chi connectivity index (χ0v) is 11.8. The van der Waals surface area contributed by atoms with Crippen LogP contribution in [-0.2, 0) is 0 Å². The largest absolute Gasteiger partial charge is 0.480 e. The van der Waals surface area contributed by atoms with Crippen molar-refractivity contribution in [1.82, 2.24) is 15.5 Å². The van der Waals surface area contributed by atoms with Crippen LogP contribution in [0.5, 0.6) is 5.88 Å². The molecule has 0 saturated carbocycles. The zero-order chi connectivity index (χ0) is 13.2. The number of methoxy groups -OCH3 is 1. The highest BCUT2D eigenvalue weighted by molar-refractivity contribution is 5.14. The van der Waals surface area contributed by atoms with Gasteiger partial charge < -0.3 is 10.1 Å². The van der Waals surface area contributed by atoms with E-state index in [-0.39, 0.29) is 0 Å². The van der Waals surface area contributed by atoms with Crippen molar-refractivity contribution in [3.63, 3.8) is 0 Å². The lowest BCUT2D eigenvalue weighted by Crippen LogP contribution is -2.22. The summed E-state index contributed by atoms with van der Waals surface area (Å²) in [5.41, 5.74) is 1.01.